The van der Waals surface area contributed by atoms with Crippen molar-refractivity contribution < 1.29 is 27.9 Å². The van der Waals surface area contributed by atoms with Crippen molar-refractivity contribution in [3.8, 4) is 0 Å². The number of rotatable bonds is 4. The van der Waals surface area contributed by atoms with Gasteiger partial charge in [-0.2, -0.15) is 4.31 Å². The lowest BCUT2D eigenvalue weighted by Crippen LogP contribution is -2.49. The van der Waals surface area contributed by atoms with Gasteiger partial charge in [0, 0.05) is 31.7 Å². The second-order valence-corrected chi connectivity index (χ2v) is 8.78. The van der Waals surface area contributed by atoms with Crippen LogP contribution in [0, 0.1) is 11.8 Å². The summed E-state index contributed by atoms with van der Waals surface area (Å²) >= 11 is 0. The Morgan fingerprint density at radius 2 is 1.85 bits per heavy atom. The van der Waals surface area contributed by atoms with Crippen molar-refractivity contribution >= 4 is 27.8 Å². The van der Waals surface area contributed by atoms with Crippen LogP contribution < -0.4 is 5.32 Å². The number of benzene rings is 1. The van der Waals surface area contributed by atoms with Crippen molar-refractivity contribution in [2.45, 2.75) is 11.8 Å². The Morgan fingerprint density at radius 1 is 1.19 bits per heavy atom. The number of nitrogens with zero attached hydrogens (tertiary/aromatic N) is 2. The highest BCUT2D eigenvalue weighted by molar-refractivity contribution is 7.89. The standard InChI is InChI=1S/C17H21N3O6S/c1-11-8-19(9-14(11)17(23)24)16(22)12-2-4-13(5-3-12)27(25,26)20-7-6-18-15(21)10-20/h2-5,11,14H,6-10H2,1H3,(H,18,21)(H,23,24)/t11-,14-/m1/s1. The number of carbonyl (C=O) groups excluding carboxylic acids is 2. The smallest absolute Gasteiger partial charge is 0.308 e. The largest absolute Gasteiger partial charge is 0.481 e. The molecule has 2 heterocycles. The fourth-order valence-corrected chi connectivity index (χ4v) is 4.77. The molecule has 2 aliphatic heterocycles. The third-order valence-corrected chi connectivity index (χ3v) is 6.82. The summed E-state index contributed by atoms with van der Waals surface area (Å²) in [7, 11) is -3.82. The van der Waals surface area contributed by atoms with Crippen molar-refractivity contribution in [2.75, 3.05) is 32.7 Å². The van der Waals surface area contributed by atoms with Crippen LogP contribution in [-0.4, -0.2) is 73.2 Å². The van der Waals surface area contributed by atoms with E-state index in [-0.39, 0.29) is 48.8 Å². The molecule has 0 saturated carbocycles. The first-order valence-corrected chi connectivity index (χ1v) is 10.0. The molecule has 0 unspecified atom stereocenters. The van der Waals surface area contributed by atoms with Crippen LogP contribution in [0.3, 0.4) is 0 Å². The average Bonchev–Trinajstić information content (AvgIpc) is 3.03. The molecule has 2 aliphatic rings. The third-order valence-electron chi connectivity index (χ3n) is 4.96. The highest BCUT2D eigenvalue weighted by Crippen LogP contribution is 2.25. The highest BCUT2D eigenvalue weighted by atomic mass is 32.2. The first kappa shape index (κ1) is 19.3. The van der Waals surface area contributed by atoms with Crippen LogP contribution in [0.1, 0.15) is 17.3 Å². The zero-order valence-electron chi connectivity index (χ0n) is 14.8. The molecule has 0 radical (unpaired) electrons. The van der Waals surface area contributed by atoms with Gasteiger partial charge in [0.25, 0.3) is 5.91 Å². The Morgan fingerprint density at radius 3 is 2.41 bits per heavy atom. The Bertz CT molecular complexity index is 867. The van der Waals surface area contributed by atoms with Gasteiger partial charge in [-0.25, -0.2) is 8.42 Å². The molecule has 10 heteroatoms. The van der Waals surface area contributed by atoms with Crippen molar-refractivity contribution in [1.29, 1.82) is 0 Å². The summed E-state index contributed by atoms with van der Waals surface area (Å²) in [5.74, 6) is -2.35. The van der Waals surface area contributed by atoms with Gasteiger partial charge in [0.2, 0.25) is 15.9 Å². The molecule has 2 saturated heterocycles. The fraction of sp³-hybridized carbons (Fsp3) is 0.471. The molecule has 2 N–H and O–H groups in total. The van der Waals surface area contributed by atoms with Crippen LogP contribution in [0.4, 0.5) is 0 Å². The Labute approximate surface area is 157 Å². The van der Waals surface area contributed by atoms with Crippen molar-refractivity contribution in [2.24, 2.45) is 11.8 Å². The molecule has 9 nitrogen and oxygen atoms in total. The quantitative estimate of drug-likeness (QED) is 0.715. The van der Waals surface area contributed by atoms with Gasteiger partial charge in [-0.1, -0.05) is 6.92 Å². The minimum absolute atomic E-state index is 0.00644. The molecule has 2 atom stereocenters. The van der Waals surface area contributed by atoms with Crippen molar-refractivity contribution in [3.63, 3.8) is 0 Å². The van der Waals surface area contributed by atoms with Gasteiger partial charge < -0.3 is 15.3 Å². The van der Waals surface area contributed by atoms with Crippen LogP contribution in [0.5, 0.6) is 0 Å². The Hall–Kier alpha value is -2.46. The van der Waals surface area contributed by atoms with Crippen LogP contribution in [0.25, 0.3) is 0 Å². The zero-order chi connectivity index (χ0) is 19.8. The lowest BCUT2D eigenvalue weighted by Gasteiger charge is -2.26. The molecule has 0 spiro atoms. The van der Waals surface area contributed by atoms with E-state index in [0.717, 1.165) is 4.31 Å². The van der Waals surface area contributed by atoms with E-state index < -0.39 is 21.9 Å². The van der Waals surface area contributed by atoms with E-state index in [4.69, 9.17) is 0 Å². The number of piperazine rings is 1. The molecule has 0 aromatic heterocycles. The molecule has 3 rings (SSSR count). The molecule has 1 aromatic carbocycles. The number of hydrogen-bond acceptors (Lipinski definition) is 5. The molecular formula is C17H21N3O6S. The molecule has 0 bridgehead atoms. The first-order valence-electron chi connectivity index (χ1n) is 8.59. The van der Waals surface area contributed by atoms with E-state index in [1.807, 2.05) is 0 Å². The lowest BCUT2D eigenvalue weighted by molar-refractivity contribution is -0.142. The summed E-state index contributed by atoms with van der Waals surface area (Å²) in [6.07, 6.45) is 0. The third kappa shape index (κ3) is 3.81. The van der Waals surface area contributed by atoms with E-state index in [2.05, 4.69) is 5.32 Å². The van der Waals surface area contributed by atoms with E-state index in [1.165, 1.54) is 29.2 Å². The summed E-state index contributed by atoms with van der Waals surface area (Å²) in [5, 5.41) is 11.8. The number of amides is 2. The molecule has 0 aliphatic carbocycles. The minimum atomic E-state index is -3.82. The van der Waals surface area contributed by atoms with Gasteiger partial charge in [-0.05, 0) is 30.2 Å². The number of carbonyl (C=O) groups is 3. The molecule has 2 fully saturated rings. The van der Waals surface area contributed by atoms with E-state index in [1.54, 1.807) is 6.92 Å². The monoisotopic (exact) mass is 395 g/mol. The molecular weight excluding hydrogens is 374 g/mol. The molecule has 1 aromatic rings. The number of nitrogens with one attached hydrogen (secondary N) is 1. The maximum absolute atomic E-state index is 12.6. The van der Waals surface area contributed by atoms with Gasteiger partial charge >= 0.3 is 5.97 Å². The number of carboxylic acid groups (broad SMARTS) is 1. The normalized spacial score (nSPS) is 23.9. The SMILES string of the molecule is C[C@@H]1CN(C(=O)c2ccc(S(=O)(=O)N3CCNC(=O)C3)cc2)C[C@H]1C(=O)O. The maximum Gasteiger partial charge on any atom is 0.308 e. The topological polar surface area (TPSA) is 124 Å². The zero-order valence-corrected chi connectivity index (χ0v) is 15.6. The van der Waals surface area contributed by atoms with Gasteiger partial charge in [-0.3, -0.25) is 14.4 Å². The van der Waals surface area contributed by atoms with Crippen molar-refractivity contribution in [3.05, 3.63) is 29.8 Å². The molecule has 2 amide bonds. The first-order chi connectivity index (χ1) is 12.7. The predicted molar refractivity (Wildman–Crippen MR) is 94.4 cm³/mol. The maximum atomic E-state index is 12.6. The lowest BCUT2D eigenvalue weighted by atomic mass is 9.99. The van der Waals surface area contributed by atoms with Gasteiger partial charge in [0.1, 0.15) is 0 Å². The van der Waals surface area contributed by atoms with Crippen molar-refractivity contribution in [1.82, 2.24) is 14.5 Å². The average molecular weight is 395 g/mol. The minimum Gasteiger partial charge on any atom is -0.481 e. The van der Waals surface area contributed by atoms with Gasteiger partial charge in [-0.15, -0.1) is 0 Å². The summed E-state index contributed by atoms with van der Waals surface area (Å²) in [4.78, 5) is 36.7. The molecule has 146 valence electrons. The van der Waals surface area contributed by atoms with E-state index in [9.17, 15) is 27.9 Å². The van der Waals surface area contributed by atoms with E-state index in [0.29, 0.717) is 12.1 Å². The second-order valence-electron chi connectivity index (χ2n) is 6.85. The summed E-state index contributed by atoms with van der Waals surface area (Å²) in [5.41, 5.74) is 0.295. The van der Waals surface area contributed by atoms with Gasteiger partial charge in [0.05, 0.1) is 17.4 Å². The Balaban J connectivity index is 1.74. The Kier molecular flexibility index (Phi) is 5.20. The van der Waals surface area contributed by atoms with E-state index >= 15 is 0 Å². The number of aliphatic carboxylic acids is 1. The van der Waals surface area contributed by atoms with Crippen LogP contribution >= 0.6 is 0 Å². The fourth-order valence-electron chi connectivity index (χ4n) is 3.38. The predicted octanol–water partition coefficient (Wildman–Crippen LogP) is -0.400. The highest BCUT2D eigenvalue weighted by Gasteiger charge is 2.37. The van der Waals surface area contributed by atoms with Crippen LogP contribution in [0.2, 0.25) is 0 Å². The second kappa shape index (κ2) is 7.28. The summed E-state index contributed by atoms with van der Waals surface area (Å²) in [6, 6.07) is 5.50. The number of carboxylic acids is 1. The summed E-state index contributed by atoms with van der Waals surface area (Å²) < 4.78 is 26.3. The van der Waals surface area contributed by atoms with Gasteiger partial charge in [0.15, 0.2) is 0 Å². The molecule has 27 heavy (non-hydrogen) atoms. The number of hydrogen-bond donors (Lipinski definition) is 2. The van der Waals surface area contributed by atoms with Crippen LogP contribution in [0.15, 0.2) is 29.2 Å². The van der Waals surface area contributed by atoms with Crippen LogP contribution in [-0.2, 0) is 19.6 Å². The summed E-state index contributed by atoms with van der Waals surface area (Å²) in [6.45, 7) is 2.49. The number of likely N-dealkylation sites (tertiary alicyclic amines) is 1. The number of sulfonamides is 1.